The molecule has 1 rings (SSSR count). The molecule has 0 bridgehead atoms. The van der Waals surface area contributed by atoms with Gasteiger partial charge in [-0.1, -0.05) is 6.07 Å². The highest BCUT2D eigenvalue weighted by Crippen LogP contribution is 2.22. The molecule has 0 saturated heterocycles. The van der Waals surface area contributed by atoms with Crippen LogP contribution in [0, 0.1) is 0 Å². The summed E-state index contributed by atoms with van der Waals surface area (Å²) in [6.45, 7) is 1.49. The van der Waals surface area contributed by atoms with Gasteiger partial charge in [0, 0.05) is 4.88 Å². The van der Waals surface area contributed by atoms with E-state index in [-0.39, 0.29) is 12.4 Å². The van der Waals surface area contributed by atoms with Gasteiger partial charge >= 0.3 is 5.97 Å². The Balaban J connectivity index is 0.00000121. The number of halogens is 1. The number of carboxylic acid groups (broad SMARTS) is 1. The maximum atomic E-state index is 10.6. The standard InChI is InChI=1S/C7H9NO2S.ClH/c1-7(8,6(9)10)5-3-2-4-11-5;/h2-4H,8H2,1H3,(H,9,10);1H. The molecular weight excluding hydrogens is 198 g/mol. The van der Waals surface area contributed by atoms with Gasteiger partial charge in [0.2, 0.25) is 0 Å². The van der Waals surface area contributed by atoms with Crippen LogP contribution < -0.4 is 5.73 Å². The zero-order chi connectivity index (χ0) is 8.48. The Hall–Kier alpha value is -0.580. The van der Waals surface area contributed by atoms with Gasteiger partial charge in [0.15, 0.2) is 0 Å². The summed E-state index contributed by atoms with van der Waals surface area (Å²) in [6.07, 6.45) is 0. The highest BCUT2D eigenvalue weighted by Gasteiger charge is 2.30. The summed E-state index contributed by atoms with van der Waals surface area (Å²) in [5, 5.41) is 10.5. The Labute approximate surface area is 80.6 Å². The van der Waals surface area contributed by atoms with Crippen molar-refractivity contribution in [2.24, 2.45) is 5.73 Å². The molecule has 1 heterocycles. The molecule has 12 heavy (non-hydrogen) atoms. The van der Waals surface area contributed by atoms with Crippen LogP contribution in [0.15, 0.2) is 17.5 Å². The molecule has 0 aliphatic heterocycles. The summed E-state index contributed by atoms with van der Waals surface area (Å²) < 4.78 is 0. The third-order valence-electron chi connectivity index (χ3n) is 1.48. The van der Waals surface area contributed by atoms with Crippen LogP contribution in [0.2, 0.25) is 0 Å². The van der Waals surface area contributed by atoms with Crippen molar-refractivity contribution in [3.63, 3.8) is 0 Å². The van der Waals surface area contributed by atoms with E-state index in [2.05, 4.69) is 0 Å². The van der Waals surface area contributed by atoms with Crippen molar-refractivity contribution in [1.82, 2.24) is 0 Å². The second-order valence-corrected chi connectivity index (χ2v) is 3.43. The van der Waals surface area contributed by atoms with Gasteiger partial charge in [-0.25, -0.2) is 4.79 Å². The molecule has 3 N–H and O–H groups in total. The Bertz CT molecular complexity index is 258. The van der Waals surface area contributed by atoms with Crippen LogP contribution in [0.1, 0.15) is 11.8 Å². The lowest BCUT2D eigenvalue weighted by Gasteiger charge is -2.16. The lowest BCUT2D eigenvalue weighted by molar-refractivity contribution is -0.142. The van der Waals surface area contributed by atoms with Crippen LogP contribution in [-0.2, 0) is 10.3 Å². The van der Waals surface area contributed by atoms with E-state index < -0.39 is 11.5 Å². The summed E-state index contributed by atoms with van der Waals surface area (Å²) in [6, 6.07) is 3.51. The molecular formula is C7H10ClNO2S. The smallest absolute Gasteiger partial charge is 0.328 e. The molecule has 0 saturated carbocycles. The molecule has 0 aliphatic carbocycles. The first kappa shape index (κ1) is 11.4. The molecule has 0 spiro atoms. The minimum Gasteiger partial charge on any atom is -0.480 e. The highest BCUT2D eigenvalue weighted by atomic mass is 35.5. The number of hydrogen-bond donors (Lipinski definition) is 2. The monoisotopic (exact) mass is 207 g/mol. The second-order valence-electron chi connectivity index (χ2n) is 2.48. The highest BCUT2D eigenvalue weighted by molar-refractivity contribution is 7.10. The fourth-order valence-electron chi connectivity index (χ4n) is 0.679. The second kappa shape index (κ2) is 3.89. The number of carboxylic acids is 1. The Morgan fingerprint density at radius 3 is 2.67 bits per heavy atom. The first-order valence-electron chi connectivity index (χ1n) is 3.11. The normalized spacial score (nSPS) is 14.5. The largest absolute Gasteiger partial charge is 0.480 e. The maximum Gasteiger partial charge on any atom is 0.328 e. The van der Waals surface area contributed by atoms with E-state index in [4.69, 9.17) is 10.8 Å². The van der Waals surface area contributed by atoms with Crippen LogP contribution in [0.4, 0.5) is 0 Å². The molecule has 0 radical (unpaired) electrons. The van der Waals surface area contributed by atoms with E-state index in [1.54, 1.807) is 12.1 Å². The molecule has 0 fully saturated rings. The molecule has 0 amide bonds. The lowest BCUT2D eigenvalue weighted by Crippen LogP contribution is -2.40. The number of thiophene rings is 1. The quantitative estimate of drug-likeness (QED) is 0.771. The van der Waals surface area contributed by atoms with Crippen LogP contribution >= 0.6 is 23.7 Å². The molecule has 68 valence electrons. The van der Waals surface area contributed by atoms with E-state index in [0.29, 0.717) is 4.88 Å². The predicted molar refractivity (Wildman–Crippen MR) is 50.7 cm³/mol. The van der Waals surface area contributed by atoms with Crippen molar-refractivity contribution in [2.45, 2.75) is 12.5 Å². The van der Waals surface area contributed by atoms with Crippen molar-refractivity contribution in [3.05, 3.63) is 22.4 Å². The number of hydrogen-bond acceptors (Lipinski definition) is 3. The van der Waals surface area contributed by atoms with E-state index in [1.807, 2.05) is 5.38 Å². The third kappa shape index (κ3) is 1.97. The molecule has 1 atom stereocenters. The van der Waals surface area contributed by atoms with Crippen molar-refractivity contribution >= 4 is 29.7 Å². The van der Waals surface area contributed by atoms with Crippen molar-refractivity contribution in [1.29, 1.82) is 0 Å². The van der Waals surface area contributed by atoms with Gasteiger partial charge in [-0.2, -0.15) is 0 Å². The zero-order valence-electron chi connectivity index (χ0n) is 6.48. The van der Waals surface area contributed by atoms with E-state index in [9.17, 15) is 4.79 Å². The van der Waals surface area contributed by atoms with E-state index in [0.717, 1.165) is 0 Å². The number of aliphatic carboxylic acids is 1. The summed E-state index contributed by atoms with van der Waals surface area (Å²) >= 11 is 1.35. The van der Waals surface area contributed by atoms with Gasteiger partial charge < -0.3 is 10.8 Å². The van der Waals surface area contributed by atoms with Crippen LogP contribution in [-0.4, -0.2) is 11.1 Å². The van der Waals surface area contributed by atoms with Crippen molar-refractivity contribution < 1.29 is 9.90 Å². The van der Waals surface area contributed by atoms with Gasteiger partial charge in [0.05, 0.1) is 0 Å². The summed E-state index contributed by atoms with van der Waals surface area (Å²) in [5.74, 6) is -1.00. The Morgan fingerprint density at radius 1 is 1.75 bits per heavy atom. The average molecular weight is 208 g/mol. The van der Waals surface area contributed by atoms with Crippen LogP contribution in [0.25, 0.3) is 0 Å². The fourth-order valence-corrected chi connectivity index (χ4v) is 1.47. The zero-order valence-corrected chi connectivity index (χ0v) is 8.11. The van der Waals surface area contributed by atoms with Crippen molar-refractivity contribution in [2.75, 3.05) is 0 Å². The predicted octanol–water partition coefficient (Wildman–Crippen LogP) is 1.43. The van der Waals surface area contributed by atoms with Gasteiger partial charge in [-0.3, -0.25) is 0 Å². The third-order valence-corrected chi connectivity index (χ3v) is 2.58. The number of rotatable bonds is 2. The lowest BCUT2D eigenvalue weighted by atomic mass is 10.0. The molecule has 1 aromatic rings. The number of nitrogens with two attached hydrogens (primary N) is 1. The number of carbonyl (C=O) groups is 1. The summed E-state index contributed by atoms with van der Waals surface area (Å²) in [4.78, 5) is 11.3. The molecule has 3 nitrogen and oxygen atoms in total. The fraction of sp³-hybridized carbons (Fsp3) is 0.286. The van der Waals surface area contributed by atoms with E-state index in [1.165, 1.54) is 18.3 Å². The first-order chi connectivity index (χ1) is 5.05. The first-order valence-corrected chi connectivity index (χ1v) is 3.99. The van der Waals surface area contributed by atoms with E-state index >= 15 is 0 Å². The topological polar surface area (TPSA) is 63.3 Å². The minimum absolute atomic E-state index is 0. The summed E-state index contributed by atoms with van der Waals surface area (Å²) in [7, 11) is 0. The molecule has 1 unspecified atom stereocenters. The summed E-state index contributed by atoms with van der Waals surface area (Å²) in [5.41, 5.74) is 4.29. The van der Waals surface area contributed by atoms with Gasteiger partial charge in [-0.05, 0) is 18.4 Å². The van der Waals surface area contributed by atoms with Crippen LogP contribution in [0.5, 0.6) is 0 Å². The van der Waals surface area contributed by atoms with Crippen LogP contribution in [0.3, 0.4) is 0 Å². The Kier molecular flexibility index (Phi) is 3.70. The maximum absolute atomic E-state index is 10.6. The average Bonchev–Trinajstić information content (AvgIpc) is 2.37. The molecule has 0 aliphatic rings. The Morgan fingerprint density at radius 2 is 2.33 bits per heavy atom. The van der Waals surface area contributed by atoms with Gasteiger partial charge in [0.1, 0.15) is 5.54 Å². The molecule has 5 heteroatoms. The molecule has 0 aromatic carbocycles. The van der Waals surface area contributed by atoms with Crippen molar-refractivity contribution in [3.8, 4) is 0 Å². The van der Waals surface area contributed by atoms with Gasteiger partial charge in [0.25, 0.3) is 0 Å². The molecule has 1 aromatic heterocycles. The minimum atomic E-state index is -1.24. The SMILES string of the molecule is CC(N)(C(=O)O)c1cccs1.Cl. The van der Waals surface area contributed by atoms with Gasteiger partial charge in [-0.15, -0.1) is 23.7 Å².